The van der Waals surface area contributed by atoms with E-state index in [9.17, 15) is 14.4 Å². The Morgan fingerprint density at radius 1 is 0.681 bits per heavy atom. The van der Waals surface area contributed by atoms with Gasteiger partial charge in [0.15, 0.2) is 0 Å². The van der Waals surface area contributed by atoms with Gasteiger partial charge in [0.2, 0.25) is 0 Å². The van der Waals surface area contributed by atoms with Crippen molar-refractivity contribution in [3.8, 4) is 5.75 Å². The smallest absolute Gasteiger partial charge is 0.413 e. The Morgan fingerprint density at radius 2 is 1.23 bits per heavy atom. The van der Waals surface area contributed by atoms with Gasteiger partial charge in [0.25, 0.3) is 0 Å². The van der Waals surface area contributed by atoms with E-state index in [2.05, 4.69) is 15.3 Å². The van der Waals surface area contributed by atoms with Crippen LogP contribution in [0, 0.1) is 0 Å². The fraction of sp³-hybridized carbons (Fsp3) is 0.206. The lowest BCUT2D eigenvalue weighted by atomic mass is 10.2. The molecule has 3 aromatic carbocycles. The largest absolute Gasteiger partial charge is 0.447 e. The highest BCUT2D eigenvalue weighted by atomic mass is 32.1. The van der Waals surface area contributed by atoms with Crippen molar-refractivity contribution in [2.24, 2.45) is 0 Å². The zero-order chi connectivity index (χ0) is 32.7. The van der Waals surface area contributed by atoms with Gasteiger partial charge < -0.3 is 24.4 Å². The SMILES string of the molecule is O=C(NC(COC(=O)N(Cc1ccccc1)Cc1cncs1)CN(Cc1ccccc1)C(=O)OCc1cncs1)Oc1ccccc1. The lowest BCUT2D eigenvalue weighted by Gasteiger charge is -2.28. The second-order valence-electron chi connectivity index (χ2n) is 10.3. The quantitative estimate of drug-likeness (QED) is 0.138. The van der Waals surface area contributed by atoms with Crippen molar-refractivity contribution < 1.29 is 28.6 Å². The lowest BCUT2D eigenvalue weighted by Crippen LogP contribution is -2.49. The van der Waals surface area contributed by atoms with Crippen molar-refractivity contribution in [3.05, 3.63) is 135 Å². The van der Waals surface area contributed by atoms with Gasteiger partial charge in [-0.05, 0) is 23.3 Å². The number of aromatic nitrogens is 2. The standard InChI is InChI=1S/C34H33N5O6S2/c40-32(45-29-14-8-3-9-15-29)37-28(20-38(18-26-10-4-1-5-11-26)33(41)44-23-31-17-36-25-47-31)22-43-34(42)39(21-30-16-35-24-46-30)19-27-12-6-2-7-13-27/h1-17,24-25,28H,18-23H2,(H,37,40). The monoisotopic (exact) mass is 671 g/mol. The summed E-state index contributed by atoms with van der Waals surface area (Å²) in [6.45, 7) is 0.537. The second kappa shape index (κ2) is 17.4. The highest BCUT2D eigenvalue weighted by molar-refractivity contribution is 7.09. The van der Waals surface area contributed by atoms with Crippen LogP contribution < -0.4 is 10.1 Å². The van der Waals surface area contributed by atoms with Crippen LogP contribution in [-0.2, 0) is 35.7 Å². The third kappa shape index (κ3) is 10.9. The number of nitrogens with zero attached hydrogens (tertiary/aromatic N) is 4. The summed E-state index contributed by atoms with van der Waals surface area (Å²) in [6.07, 6.45) is 1.39. The molecule has 0 aliphatic heterocycles. The lowest BCUT2D eigenvalue weighted by molar-refractivity contribution is 0.0700. The van der Waals surface area contributed by atoms with E-state index >= 15 is 0 Å². The first kappa shape index (κ1) is 33.1. The van der Waals surface area contributed by atoms with E-state index in [0.717, 1.165) is 20.9 Å². The van der Waals surface area contributed by atoms with Crippen LogP contribution in [0.4, 0.5) is 14.4 Å². The van der Waals surface area contributed by atoms with E-state index in [0.29, 0.717) is 12.3 Å². The number of hydrogen-bond donors (Lipinski definition) is 1. The van der Waals surface area contributed by atoms with E-state index in [1.807, 2.05) is 60.7 Å². The van der Waals surface area contributed by atoms with Gasteiger partial charge in [-0.25, -0.2) is 14.4 Å². The van der Waals surface area contributed by atoms with Crippen LogP contribution in [0.5, 0.6) is 5.75 Å². The Hall–Kier alpha value is -5.27. The molecule has 0 bridgehead atoms. The molecule has 0 saturated heterocycles. The number of ether oxygens (including phenoxy) is 3. The number of para-hydroxylation sites is 1. The van der Waals surface area contributed by atoms with Crippen LogP contribution in [0.1, 0.15) is 20.9 Å². The number of carbonyl (C=O) groups excluding carboxylic acids is 3. The first-order valence-corrected chi connectivity index (χ1v) is 16.5. The molecule has 0 fully saturated rings. The molecule has 3 amide bonds. The van der Waals surface area contributed by atoms with E-state index in [1.54, 1.807) is 58.6 Å². The van der Waals surface area contributed by atoms with Crippen LogP contribution in [-0.4, -0.2) is 57.2 Å². The molecule has 1 unspecified atom stereocenters. The van der Waals surface area contributed by atoms with Crippen LogP contribution in [0.25, 0.3) is 0 Å². The summed E-state index contributed by atoms with van der Waals surface area (Å²) < 4.78 is 16.9. The molecule has 2 heterocycles. The molecule has 0 aliphatic rings. The van der Waals surface area contributed by atoms with Crippen LogP contribution in [0.2, 0.25) is 0 Å². The number of benzene rings is 3. The second-order valence-corrected chi connectivity index (χ2v) is 12.3. The highest BCUT2D eigenvalue weighted by Gasteiger charge is 2.26. The van der Waals surface area contributed by atoms with Gasteiger partial charge in [0.1, 0.15) is 19.0 Å². The molecule has 0 spiro atoms. The normalized spacial score (nSPS) is 11.2. The molecule has 0 aliphatic carbocycles. The van der Waals surface area contributed by atoms with Gasteiger partial charge in [-0.3, -0.25) is 14.9 Å². The third-order valence-electron chi connectivity index (χ3n) is 6.72. The maximum absolute atomic E-state index is 13.5. The molecule has 47 heavy (non-hydrogen) atoms. The maximum atomic E-state index is 13.5. The van der Waals surface area contributed by atoms with Crippen molar-refractivity contribution in [2.75, 3.05) is 13.2 Å². The van der Waals surface area contributed by atoms with Gasteiger partial charge in [-0.1, -0.05) is 78.9 Å². The predicted octanol–water partition coefficient (Wildman–Crippen LogP) is 6.73. The van der Waals surface area contributed by atoms with E-state index in [-0.39, 0.29) is 32.8 Å². The summed E-state index contributed by atoms with van der Waals surface area (Å²) >= 11 is 2.81. The number of carbonyl (C=O) groups is 3. The van der Waals surface area contributed by atoms with Crippen molar-refractivity contribution in [1.82, 2.24) is 25.1 Å². The average molecular weight is 672 g/mol. The maximum Gasteiger partial charge on any atom is 0.413 e. The topological polar surface area (TPSA) is 123 Å². The Kier molecular flexibility index (Phi) is 12.3. The molecule has 2 aromatic heterocycles. The van der Waals surface area contributed by atoms with E-state index in [1.165, 1.54) is 27.6 Å². The van der Waals surface area contributed by atoms with E-state index in [4.69, 9.17) is 14.2 Å². The summed E-state index contributed by atoms with van der Waals surface area (Å²) in [5.41, 5.74) is 5.14. The fourth-order valence-corrected chi connectivity index (χ4v) is 5.62. The molecule has 242 valence electrons. The first-order chi connectivity index (χ1) is 23.0. The molecule has 1 N–H and O–H groups in total. The minimum Gasteiger partial charge on any atom is -0.447 e. The molecule has 1 atom stereocenters. The first-order valence-electron chi connectivity index (χ1n) is 14.7. The zero-order valence-electron chi connectivity index (χ0n) is 25.3. The number of rotatable bonds is 14. The van der Waals surface area contributed by atoms with Crippen molar-refractivity contribution >= 4 is 41.0 Å². The van der Waals surface area contributed by atoms with Crippen LogP contribution in [0.3, 0.4) is 0 Å². The number of amides is 3. The minimum atomic E-state index is -0.850. The van der Waals surface area contributed by atoms with Crippen molar-refractivity contribution in [3.63, 3.8) is 0 Å². The molecule has 11 nitrogen and oxygen atoms in total. The number of hydrogen-bond acceptors (Lipinski definition) is 10. The Bertz CT molecular complexity index is 1660. The zero-order valence-corrected chi connectivity index (χ0v) is 27.0. The molecule has 0 saturated carbocycles. The summed E-state index contributed by atoms with van der Waals surface area (Å²) in [7, 11) is 0. The highest BCUT2D eigenvalue weighted by Crippen LogP contribution is 2.16. The van der Waals surface area contributed by atoms with E-state index < -0.39 is 24.3 Å². The van der Waals surface area contributed by atoms with Gasteiger partial charge in [0, 0.05) is 36.9 Å². The minimum absolute atomic E-state index is 0.0406. The van der Waals surface area contributed by atoms with Crippen molar-refractivity contribution in [1.29, 1.82) is 0 Å². The number of thiazole rings is 2. The Labute approximate surface area is 280 Å². The van der Waals surface area contributed by atoms with Crippen molar-refractivity contribution in [2.45, 2.75) is 32.3 Å². The molecule has 5 aromatic rings. The van der Waals surface area contributed by atoms with Gasteiger partial charge in [0.05, 0.1) is 28.5 Å². The van der Waals surface area contributed by atoms with Gasteiger partial charge >= 0.3 is 18.3 Å². The van der Waals surface area contributed by atoms with Crippen LogP contribution >= 0.6 is 22.7 Å². The fourth-order valence-electron chi connectivity index (χ4n) is 4.50. The Morgan fingerprint density at radius 3 is 1.83 bits per heavy atom. The summed E-state index contributed by atoms with van der Waals surface area (Å²) in [5.74, 6) is 0.337. The summed E-state index contributed by atoms with van der Waals surface area (Å²) in [4.78, 5) is 52.8. The molecule has 5 rings (SSSR count). The predicted molar refractivity (Wildman–Crippen MR) is 178 cm³/mol. The Balaban J connectivity index is 1.32. The molecular weight excluding hydrogens is 639 g/mol. The summed E-state index contributed by atoms with van der Waals surface area (Å²) in [5, 5.41) is 2.77. The molecule has 0 radical (unpaired) electrons. The molecular formula is C34H33N5O6S2. The van der Waals surface area contributed by atoms with Gasteiger partial charge in [-0.2, -0.15) is 0 Å². The van der Waals surface area contributed by atoms with Gasteiger partial charge in [-0.15, -0.1) is 22.7 Å². The van der Waals surface area contributed by atoms with Crippen LogP contribution in [0.15, 0.2) is 114 Å². The molecule has 13 heteroatoms. The summed E-state index contributed by atoms with van der Waals surface area (Å²) in [6, 6.07) is 26.7. The third-order valence-corrected chi connectivity index (χ3v) is 8.24. The average Bonchev–Trinajstić information content (AvgIpc) is 3.82. The number of nitrogens with one attached hydrogen (secondary N) is 1.